The maximum Gasteiger partial charge on any atom is 0.0717 e. The summed E-state index contributed by atoms with van der Waals surface area (Å²) in [7, 11) is 0. The van der Waals surface area contributed by atoms with Crippen molar-refractivity contribution in [3.63, 3.8) is 0 Å². The van der Waals surface area contributed by atoms with Crippen LogP contribution in [0, 0.1) is 0 Å². The average Bonchev–Trinajstić information content (AvgIpc) is 2.25. The Bertz CT molecular complexity index is 223. The first-order valence-corrected chi connectivity index (χ1v) is 5.26. The molecule has 0 aliphatic carbocycles. The molecular formula is C12H19NO. The first-order chi connectivity index (χ1) is 6.93. The van der Waals surface area contributed by atoms with E-state index in [4.69, 9.17) is 4.74 Å². The SMILES string of the molecule is CCCNCCOCc1ccccc1. The molecule has 0 radical (unpaired) electrons. The normalized spacial score (nSPS) is 10.4. The molecule has 0 unspecified atom stereocenters. The Morgan fingerprint density at radius 2 is 1.93 bits per heavy atom. The second kappa shape index (κ2) is 7.54. The van der Waals surface area contributed by atoms with Crippen molar-refractivity contribution in [1.29, 1.82) is 0 Å². The summed E-state index contributed by atoms with van der Waals surface area (Å²) in [6.45, 7) is 5.69. The van der Waals surface area contributed by atoms with Crippen LogP contribution in [0.4, 0.5) is 0 Å². The summed E-state index contributed by atoms with van der Waals surface area (Å²) < 4.78 is 5.50. The zero-order chi connectivity index (χ0) is 10.1. The van der Waals surface area contributed by atoms with Crippen molar-refractivity contribution >= 4 is 0 Å². The first-order valence-electron chi connectivity index (χ1n) is 5.26. The summed E-state index contributed by atoms with van der Waals surface area (Å²) in [6, 6.07) is 10.3. The molecule has 1 aromatic rings. The van der Waals surface area contributed by atoms with Crippen LogP contribution >= 0.6 is 0 Å². The third kappa shape index (κ3) is 5.00. The lowest BCUT2D eigenvalue weighted by Crippen LogP contribution is -2.20. The van der Waals surface area contributed by atoms with Crippen LogP contribution in [-0.2, 0) is 11.3 Å². The summed E-state index contributed by atoms with van der Waals surface area (Å²) in [5, 5.41) is 3.30. The topological polar surface area (TPSA) is 21.3 Å². The van der Waals surface area contributed by atoms with Crippen LogP contribution in [-0.4, -0.2) is 19.7 Å². The Morgan fingerprint density at radius 1 is 1.14 bits per heavy atom. The number of hydrogen-bond acceptors (Lipinski definition) is 2. The highest BCUT2D eigenvalue weighted by molar-refractivity contribution is 5.13. The van der Waals surface area contributed by atoms with E-state index in [1.807, 2.05) is 18.2 Å². The molecule has 78 valence electrons. The van der Waals surface area contributed by atoms with Crippen LogP contribution in [0.15, 0.2) is 30.3 Å². The van der Waals surface area contributed by atoms with Gasteiger partial charge in [-0.3, -0.25) is 0 Å². The van der Waals surface area contributed by atoms with Crippen molar-refractivity contribution in [2.45, 2.75) is 20.0 Å². The summed E-state index contributed by atoms with van der Waals surface area (Å²) in [5.74, 6) is 0. The number of hydrogen-bond donors (Lipinski definition) is 1. The predicted molar refractivity (Wildman–Crippen MR) is 59.3 cm³/mol. The summed E-state index contributed by atoms with van der Waals surface area (Å²) in [4.78, 5) is 0. The van der Waals surface area contributed by atoms with Gasteiger partial charge in [-0.15, -0.1) is 0 Å². The maximum atomic E-state index is 5.50. The number of benzene rings is 1. The molecular weight excluding hydrogens is 174 g/mol. The van der Waals surface area contributed by atoms with Crippen LogP contribution in [0.3, 0.4) is 0 Å². The molecule has 0 amide bonds. The standard InChI is InChI=1S/C12H19NO/c1-2-8-13-9-10-14-11-12-6-4-3-5-7-12/h3-7,13H,2,8-11H2,1H3. The number of rotatable bonds is 7. The molecule has 0 fully saturated rings. The summed E-state index contributed by atoms with van der Waals surface area (Å²) in [5.41, 5.74) is 1.24. The molecule has 0 bridgehead atoms. The van der Waals surface area contributed by atoms with Crippen LogP contribution in [0.5, 0.6) is 0 Å². The quantitative estimate of drug-likeness (QED) is 0.670. The Hall–Kier alpha value is -0.860. The molecule has 0 aliphatic heterocycles. The minimum Gasteiger partial charge on any atom is -0.375 e. The van der Waals surface area contributed by atoms with Gasteiger partial charge in [0.05, 0.1) is 13.2 Å². The second-order valence-electron chi connectivity index (χ2n) is 3.29. The lowest BCUT2D eigenvalue weighted by atomic mass is 10.2. The van der Waals surface area contributed by atoms with E-state index < -0.39 is 0 Å². The third-order valence-electron chi connectivity index (χ3n) is 1.96. The van der Waals surface area contributed by atoms with Gasteiger partial charge in [0.25, 0.3) is 0 Å². The maximum absolute atomic E-state index is 5.50. The highest BCUT2D eigenvalue weighted by Gasteiger charge is 1.90. The van der Waals surface area contributed by atoms with Gasteiger partial charge in [0.1, 0.15) is 0 Å². The fourth-order valence-corrected chi connectivity index (χ4v) is 1.21. The van der Waals surface area contributed by atoms with Crippen molar-refractivity contribution in [1.82, 2.24) is 5.32 Å². The molecule has 1 N–H and O–H groups in total. The van der Waals surface area contributed by atoms with Gasteiger partial charge in [0.15, 0.2) is 0 Å². The van der Waals surface area contributed by atoms with Crippen molar-refractivity contribution in [2.75, 3.05) is 19.7 Å². The van der Waals surface area contributed by atoms with Crippen LogP contribution in [0.2, 0.25) is 0 Å². The van der Waals surface area contributed by atoms with Crippen molar-refractivity contribution in [3.05, 3.63) is 35.9 Å². The molecule has 0 spiro atoms. The Balaban J connectivity index is 1.99. The van der Waals surface area contributed by atoms with Gasteiger partial charge in [-0.1, -0.05) is 37.3 Å². The van der Waals surface area contributed by atoms with Gasteiger partial charge >= 0.3 is 0 Å². The zero-order valence-corrected chi connectivity index (χ0v) is 8.83. The Labute approximate surface area is 86.3 Å². The van der Waals surface area contributed by atoms with Crippen LogP contribution < -0.4 is 5.32 Å². The second-order valence-corrected chi connectivity index (χ2v) is 3.29. The predicted octanol–water partition coefficient (Wildman–Crippen LogP) is 2.20. The van der Waals surface area contributed by atoms with E-state index in [1.54, 1.807) is 0 Å². The zero-order valence-electron chi connectivity index (χ0n) is 8.83. The Kier molecular flexibility index (Phi) is 6.04. The highest BCUT2D eigenvalue weighted by atomic mass is 16.5. The first kappa shape index (κ1) is 11.2. The van der Waals surface area contributed by atoms with E-state index in [0.29, 0.717) is 6.61 Å². The molecule has 0 aromatic heterocycles. The fraction of sp³-hybridized carbons (Fsp3) is 0.500. The van der Waals surface area contributed by atoms with Gasteiger partial charge in [-0.25, -0.2) is 0 Å². The number of nitrogens with one attached hydrogen (secondary N) is 1. The minimum atomic E-state index is 0.717. The van der Waals surface area contributed by atoms with Crippen LogP contribution in [0.1, 0.15) is 18.9 Å². The molecule has 1 rings (SSSR count). The molecule has 1 aromatic carbocycles. The van der Waals surface area contributed by atoms with Gasteiger partial charge < -0.3 is 10.1 Å². The monoisotopic (exact) mass is 193 g/mol. The molecule has 14 heavy (non-hydrogen) atoms. The van der Waals surface area contributed by atoms with Crippen molar-refractivity contribution in [2.24, 2.45) is 0 Å². The molecule has 0 atom stereocenters. The van der Waals surface area contributed by atoms with Gasteiger partial charge in [0.2, 0.25) is 0 Å². The molecule has 0 saturated heterocycles. The van der Waals surface area contributed by atoms with E-state index in [1.165, 1.54) is 12.0 Å². The Morgan fingerprint density at radius 3 is 2.64 bits per heavy atom. The number of ether oxygens (including phenoxy) is 1. The van der Waals surface area contributed by atoms with Crippen molar-refractivity contribution < 1.29 is 4.74 Å². The fourth-order valence-electron chi connectivity index (χ4n) is 1.21. The molecule has 2 nitrogen and oxygen atoms in total. The summed E-state index contributed by atoms with van der Waals surface area (Å²) in [6.07, 6.45) is 1.18. The average molecular weight is 193 g/mol. The molecule has 0 aliphatic rings. The summed E-state index contributed by atoms with van der Waals surface area (Å²) >= 11 is 0. The minimum absolute atomic E-state index is 0.717. The lowest BCUT2D eigenvalue weighted by Gasteiger charge is -2.04. The van der Waals surface area contributed by atoms with E-state index in [-0.39, 0.29) is 0 Å². The molecule has 2 heteroatoms. The largest absolute Gasteiger partial charge is 0.375 e. The van der Waals surface area contributed by atoms with Crippen molar-refractivity contribution in [3.8, 4) is 0 Å². The third-order valence-corrected chi connectivity index (χ3v) is 1.96. The van der Waals surface area contributed by atoms with E-state index >= 15 is 0 Å². The lowest BCUT2D eigenvalue weighted by molar-refractivity contribution is 0.123. The van der Waals surface area contributed by atoms with Crippen LogP contribution in [0.25, 0.3) is 0 Å². The molecule has 0 heterocycles. The van der Waals surface area contributed by atoms with E-state index in [0.717, 1.165) is 19.7 Å². The smallest absolute Gasteiger partial charge is 0.0717 e. The van der Waals surface area contributed by atoms with E-state index in [9.17, 15) is 0 Å². The van der Waals surface area contributed by atoms with E-state index in [2.05, 4.69) is 24.4 Å². The van der Waals surface area contributed by atoms with Gasteiger partial charge in [0, 0.05) is 6.54 Å². The highest BCUT2D eigenvalue weighted by Crippen LogP contribution is 1.99. The molecule has 0 saturated carbocycles. The van der Waals surface area contributed by atoms with Gasteiger partial charge in [-0.2, -0.15) is 0 Å². The van der Waals surface area contributed by atoms with Gasteiger partial charge in [-0.05, 0) is 18.5 Å².